The highest BCUT2D eigenvalue weighted by Gasteiger charge is 2.28. The molecule has 1 amide bonds. The number of carbonyl (C=O) groups excluding carboxylic acids is 1. The molecule has 1 saturated heterocycles. The SMILES string of the molecule is CC(C)(C)O.CCC/C=C(/Nc1ccc(F)cn1)c1cnc(C(=O)N2CCCC2)cc1NCC(F)(F)F. The van der Waals surface area contributed by atoms with Gasteiger partial charge >= 0.3 is 6.18 Å². The summed E-state index contributed by atoms with van der Waals surface area (Å²) in [4.78, 5) is 22.6. The van der Waals surface area contributed by atoms with Gasteiger partial charge in [-0.2, -0.15) is 13.2 Å². The van der Waals surface area contributed by atoms with Gasteiger partial charge in [0.15, 0.2) is 0 Å². The molecule has 2 aromatic rings. The summed E-state index contributed by atoms with van der Waals surface area (Å²) in [5, 5.41) is 13.9. The van der Waals surface area contributed by atoms with Crippen molar-refractivity contribution in [1.82, 2.24) is 14.9 Å². The minimum atomic E-state index is -4.45. The maximum Gasteiger partial charge on any atom is 0.405 e. The Bertz CT molecular complexity index is 1040. The summed E-state index contributed by atoms with van der Waals surface area (Å²) < 4.78 is 52.0. The number of pyridine rings is 2. The highest BCUT2D eigenvalue weighted by Crippen LogP contribution is 2.28. The summed E-state index contributed by atoms with van der Waals surface area (Å²) in [6, 6.07) is 4.00. The normalized spacial score (nSPS) is 14.2. The van der Waals surface area contributed by atoms with Gasteiger partial charge in [-0.1, -0.05) is 19.4 Å². The van der Waals surface area contributed by atoms with Crippen molar-refractivity contribution in [1.29, 1.82) is 0 Å². The number of anilines is 2. The third kappa shape index (κ3) is 11.2. The van der Waals surface area contributed by atoms with Crippen LogP contribution in [-0.4, -0.2) is 57.3 Å². The lowest BCUT2D eigenvalue weighted by molar-refractivity contribution is -0.115. The van der Waals surface area contributed by atoms with Gasteiger partial charge in [-0.05, 0) is 58.2 Å². The summed E-state index contributed by atoms with van der Waals surface area (Å²) in [6.45, 7) is 7.13. The van der Waals surface area contributed by atoms with Gasteiger partial charge in [-0.25, -0.2) is 9.37 Å². The van der Waals surface area contributed by atoms with Crippen molar-refractivity contribution in [2.45, 2.75) is 65.2 Å². The lowest BCUT2D eigenvalue weighted by atomic mass is 10.1. The van der Waals surface area contributed by atoms with Crippen molar-refractivity contribution in [3.05, 3.63) is 53.7 Å². The van der Waals surface area contributed by atoms with Crippen LogP contribution in [0.2, 0.25) is 0 Å². The Morgan fingerprint density at radius 3 is 2.32 bits per heavy atom. The van der Waals surface area contributed by atoms with Gasteiger partial charge in [-0.3, -0.25) is 9.78 Å². The summed E-state index contributed by atoms with van der Waals surface area (Å²) >= 11 is 0. The van der Waals surface area contributed by atoms with Gasteiger partial charge in [-0.15, -0.1) is 0 Å². The molecule has 3 rings (SSSR count). The van der Waals surface area contributed by atoms with Crippen molar-refractivity contribution in [3.8, 4) is 0 Å². The first-order valence-electron chi connectivity index (χ1n) is 12.2. The third-order valence-electron chi connectivity index (χ3n) is 4.91. The van der Waals surface area contributed by atoms with E-state index >= 15 is 0 Å². The van der Waals surface area contributed by atoms with Gasteiger partial charge in [0.25, 0.3) is 5.91 Å². The molecular formula is C26H35F4N5O2. The molecule has 1 aliphatic rings. The van der Waals surface area contributed by atoms with E-state index in [4.69, 9.17) is 5.11 Å². The number of carbonyl (C=O) groups is 1. The van der Waals surface area contributed by atoms with E-state index < -0.39 is 24.1 Å². The number of likely N-dealkylation sites (tertiary alicyclic amines) is 1. The molecular weight excluding hydrogens is 490 g/mol. The Hall–Kier alpha value is -3.21. The fraction of sp³-hybridized carbons (Fsp3) is 0.500. The minimum absolute atomic E-state index is 0.0788. The lowest BCUT2D eigenvalue weighted by Gasteiger charge is -2.19. The molecule has 1 aliphatic heterocycles. The second-order valence-electron chi connectivity index (χ2n) is 9.65. The Labute approximate surface area is 215 Å². The molecule has 37 heavy (non-hydrogen) atoms. The quantitative estimate of drug-likeness (QED) is 0.374. The van der Waals surface area contributed by atoms with Gasteiger partial charge in [0.1, 0.15) is 23.9 Å². The average Bonchev–Trinajstić information content (AvgIpc) is 3.34. The Balaban J connectivity index is 0.000000877. The number of hydrogen-bond acceptors (Lipinski definition) is 6. The van der Waals surface area contributed by atoms with E-state index in [1.807, 2.05) is 13.0 Å². The van der Waals surface area contributed by atoms with E-state index in [0.717, 1.165) is 25.5 Å². The number of aromatic nitrogens is 2. The van der Waals surface area contributed by atoms with Crippen LogP contribution in [-0.2, 0) is 0 Å². The molecule has 11 heteroatoms. The fourth-order valence-electron chi connectivity index (χ4n) is 3.32. The first-order valence-corrected chi connectivity index (χ1v) is 12.2. The Morgan fingerprint density at radius 1 is 1.14 bits per heavy atom. The average molecular weight is 526 g/mol. The van der Waals surface area contributed by atoms with E-state index in [0.29, 0.717) is 36.6 Å². The number of allylic oxidation sites excluding steroid dienone is 1. The van der Waals surface area contributed by atoms with Gasteiger partial charge < -0.3 is 20.6 Å². The van der Waals surface area contributed by atoms with Crippen LogP contribution >= 0.6 is 0 Å². The summed E-state index contributed by atoms with van der Waals surface area (Å²) in [5.74, 6) is -0.488. The van der Waals surface area contributed by atoms with Crippen LogP contribution in [0.3, 0.4) is 0 Å². The molecule has 0 aliphatic carbocycles. The molecule has 2 aromatic heterocycles. The highest BCUT2D eigenvalue weighted by atomic mass is 19.4. The Kier molecular flexibility index (Phi) is 10.8. The monoisotopic (exact) mass is 525 g/mol. The molecule has 0 unspecified atom stereocenters. The molecule has 0 aromatic carbocycles. The molecule has 0 saturated carbocycles. The second kappa shape index (κ2) is 13.4. The number of hydrogen-bond donors (Lipinski definition) is 3. The molecule has 204 valence electrons. The standard InChI is InChI=1S/C22H25F4N5O.C4H10O/c1-2-3-6-17(30-20-8-7-15(23)12-28-20)16-13-27-19(21(32)31-9-4-5-10-31)11-18(16)29-14-22(24,25)26;1-4(2,3)5/h6-8,11-13H,2-5,9-10,14H2,1H3,(H,27,29)(H,28,30);5H,1-3H3/b17-6+;. The van der Waals surface area contributed by atoms with Crippen molar-refractivity contribution in [2.24, 2.45) is 0 Å². The third-order valence-corrected chi connectivity index (χ3v) is 4.91. The molecule has 0 atom stereocenters. The van der Waals surface area contributed by atoms with Gasteiger partial charge in [0, 0.05) is 36.2 Å². The number of alkyl halides is 3. The van der Waals surface area contributed by atoms with Gasteiger partial charge in [0.05, 0.1) is 11.8 Å². The molecule has 1 fully saturated rings. The topological polar surface area (TPSA) is 90.4 Å². The number of halogens is 4. The van der Waals surface area contributed by atoms with Crippen LogP contribution in [0.5, 0.6) is 0 Å². The summed E-state index contributed by atoms with van der Waals surface area (Å²) in [7, 11) is 0. The number of aliphatic hydroxyl groups is 1. The minimum Gasteiger partial charge on any atom is -0.391 e. The molecule has 7 nitrogen and oxygen atoms in total. The zero-order chi connectivity index (χ0) is 27.6. The highest BCUT2D eigenvalue weighted by molar-refractivity contribution is 5.94. The van der Waals surface area contributed by atoms with Crippen molar-refractivity contribution in [3.63, 3.8) is 0 Å². The number of nitrogens with one attached hydrogen (secondary N) is 2. The summed E-state index contributed by atoms with van der Waals surface area (Å²) in [5.41, 5.74) is 0.516. The van der Waals surface area contributed by atoms with E-state index in [1.54, 1.807) is 25.7 Å². The lowest BCUT2D eigenvalue weighted by Crippen LogP contribution is -2.29. The maximum absolute atomic E-state index is 13.2. The molecule has 0 spiro atoms. The Morgan fingerprint density at radius 2 is 1.78 bits per heavy atom. The fourth-order valence-corrected chi connectivity index (χ4v) is 3.32. The zero-order valence-electron chi connectivity index (χ0n) is 21.6. The van der Waals surface area contributed by atoms with Gasteiger partial charge in [0.2, 0.25) is 0 Å². The van der Waals surface area contributed by atoms with E-state index in [2.05, 4.69) is 20.6 Å². The second-order valence-corrected chi connectivity index (χ2v) is 9.65. The number of unbranched alkanes of at least 4 members (excludes halogenated alkanes) is 1. The van der Waals surface area contributed by atoms with Crippen LogP contribution in [0.4, 0.5) is 29.1 Å². The van der Waals surface area contributed by atoms with Crippen molar-refractivity contribution < 1.29 is 27.5 Å². The van der Waals surface area contributed by atoms with Crippen LogP contribution in [0.1, 0.15) is 69.4 Å². The predicted molar refractivity (Wildman–Crippen MR) is 137 cm³/mol. The zero-order valence-corrected chi connectivity index (χ0v) is 21.6. The first-order chi connectivity index (χ1) is 17.3. The van der Waals surface area contributed by atoms with Crippen LogP contribution < -0.4 is 10.6 Å². The maximum atomic E-state index is 13.2. The van der Waals surface area contributed by atoms with Crippen LogP contribution in [0, 0.1) is 5.82 Å². The van der Waals surface area contributed by atoms with Crippen molar-refractivity contribution in [2.75, 3.05) is 30.3 Å². The summed E-state index contributed by atoms with van der Waals surface area (Å²) in [6.07, 6.45) is 2.99. The number of rotatable bonds is 8. The molecule has 0 bridgehead atoms. The van der Waals surface area contributed by atoms with Crippen LogP contribution in [0.15, 0.2) is 36.7 Å². The van der Waals surface area contributed by atoms with Crippen LogP contribution in [0.25, 0.3) is 5.70 Å². The van der Waals surface area contributed by atoms with E-state index in [1.165, 1.54) is 24.4 Å². The number of nitrogens with zero attached hydrogens (tertiary/aromatic N) is 3. The largest absolute Gasteiger partial charge is 0.405 e. The molecule has 3 N–H and O–H groups in total. The molecule has 3 heterocycles. The van der Waals surface area contributed by atoms with E-state index in [9.17, 15) is 22.4 Å². The number of amides is 1. The van der Waals surface area contributed by atoms with E-state index in [-0.39, 0.29) is 17.3 Å². The predicted octanol–water partition coefficient (Wildman–Crippen LogP) is 5.86. The molecule has 0 radical (unpaired) electrons. The first kappa shape index (κ1) is 30.0. The smallest absolute Gasteiger partial charge is 0.391 e. The van der Waals surface area contributed by atoms with Crippen molar-refractivity contribution >= 4 is 23.1 Å².